The molecule has 0 bridgehead atoms. The molecule has 1 aromatic rings. The standard InChI is InChI=1S/C11H13ClN2O3/c12-9-3-1-2-8(14-9)10(15)13-6-11(16)4-5-17-7-11/h1-3,16H,4-7H2,(H,13,15). The van der Waals surface area contributed by atoms with Crippen LogP contribution in [0.3, 0.4) is 0 Å². The molecule has 0 saturated carbocycles. The Morgan fingerprint density at radius 1 is 1.65 bits per heavy atom. The molecule has 0 radical (unpaired) electrons. The van der Waals surface area contributed by atoms with Gasteiger partial charge in [-0.15, -0.1) is 0 Å². The van der Waals surface area contributed by atoms with Crippen molar-refractivity contribution in [3.05, 3.63) is 29.0 Å². The largest absolute Gasteiger partial charge is 0.386 e. The third-order valence-corrected chi connectivity index (χ3v) is 2.82. The Labute approximate surface area is 104 Å². The molecule has 1 atom stereocenters. The minimum atomic E-state index is -0.964. The molecule has 92 valence electrons. The molecule has 17 heavy (non-hydrogen) atoms. The van der Waals surface area contributed by atoms with Crippen LogP contribution in [0.4, 0.5) is 0 Å². The van der Waals surface area contributed by atoms with Gasteiger partial charge in [0.05, 0.1) is 6.61 Å². The van der Waals surface area contributed by atoms with E-state index in [1.54, 1.807) is 18.2 Å². The zero-order valence-electron chi connectivity index (χ0n) is 9.15. The van der Waals surface area contributed by atoms with Crippen LogP contribution in [-0.4, -0.2) is 41.4 Å². The number of carbonyl (C=O) groups is 1. The predicted molar refractivity (Wildman–Crippen MR) is 62.0 cm³/mol. The number of ether oxygens (including phenoxy) is 1. The first-order chi connectivity index (χ1) is 8.09. The van der Waals surface area contributed by atoms with E-state index in [0.717, 1.165) is 0 Å². The number of carbonyl (C=O) groups excluding carboxylic acids is 1. The van der Waals surface area contributed by atoms with Crippen LogP contribution in [0.2, 0.25) is 5.15 Å². The molecule has 1 unspecified atom stereocenters. The highest BCUT2D eigenvalue weighted by Gasteiger charge is 2.32. The van der Waals surface area contributed by atoms with Gasteiger partial charge < -0.3 is 15.2 Å². The number of halogens is 1. The first-order valence-corrected chi connectivity index (χ1v) is 5.68. The summed E-state index contributed by atoms with van der Waals surface area (Å²) in [6.07, 6.45) is 0.524. The van der Waals surface area contributed by atoms with Gasteiger partial charge in [-0.3, -0.25) is 4.79 Å². The molecular formula is C11H13ClN2O3. The maximum Gasteiger partial charge on any atom is 0.270 e. The number of rotatable bonds is 3. The monoisotopic (exact) mass is 256 g/mol. The summed E-state index contributed by atoms with van der Waals surface area (Å²) in [5.74, 6) is -0.354. The molecule has 5 nitrogen and oxygen atoms in total. The Balaban J connectivity index is 1.93. The molecule has 0 aliphatic carbocycles. The molecule has 0 spiro atoms. The number of nitrogens with one attached hydrogen (secondary N) is 1. The second-order valence-electron chi connectivity index (χ2n) is 4.06. The van der Waals surface area contributed by atoms with E-state index in [-0.39, 0.29) is 29.9 Å². The van der Waals surface area contributed by atoms with Crippen molar-refractivity contribution in [2.75, 3.05) is 19.8 Å². The molecule has 1 saturated heterocycles. The molecular weight excluding hydrogens is 244 g/mol. The van der Waals surface area contributed by atoms with Gasteiger partial charge in [0, 0.05) is 19.6 Å². The van der Waals surface area contributed by atoms with Crippen LogP contribution in [0.5, 0.6) is 0 Å². The summed E-state index contributed by atoms with van der Waals surface area (Å²) in [4.78, 5) is 15.6. The van der Waals surface area contributed by atoms with Gasteiger partial charge in [0.2, 0.25) is 0 Å². The summed E-state index contributed by atoms with van der Waals surface area (Å²) < 4.78 is 5.08. The Hall–Kier alpha value is -1.17. The van der Waals surface area contributed by atoms with Gasteiger partial charge in [0.25, 0.3) is 5.91 Å². The summed E-state index contributed by atoms with van der Waals surface area (Å²) in [5, 5.41) is 12.8. The lowest BCUT2D eigenvalue weighted by Crippen LogP contribution is -2.43. The molecule has 2 N–H and O–H groups in total. The Morgan fingerprint density at radius 2 is 2.47 bits per heavy atom. The van der Waals surface area contributed by atoms with Crippen molar-refractivity contribution in [1.29, 1.82) is 0 Å². The summed E-state index contributed by atoms with van der Waals surface area (Å²) in [6, 6.07) is 4.81. The third kappa shape index (κ3) is 3.15. The molecule has 1 amide bonds. The lowest BCUT2D eigenvalue weighted by atomic mass is 10.0. The number of hydrogen-bond acceptors (Lipinski definition) is 4. The summed E-state index contributed by atoms with van der Waals surface area (Å²) >= 11 is 5.68. The average molecular weight is 257 g/mol. The molecule has 1 aromatic heterocycles. The van der Waals surface area contributed by atoms with E-state index in [2.05, 4.69) is 10.3 Å². The van der Waals surface area contributed by atoms with E-state index < -0.39 is 5.60 Å². The zero-order chi connectivity index (χ0) is 12.3. The van der Waals surface area contributed by atoms with Gasteiger partial charge >= 0.3 is 0 Å². The lowest BCUT2D eigenvalue weighted by Gasteiger charge is -2.20. The van der Waals surface area contributed by atoms with Crippen molar-refractivity contribution >= 4 is 17.5 Å². The van der Waals surface area contributed by atoms with E-state index in [1.807, 2.05) is 0 Å². The van der Waals surface area contributed by atoms with Gasteiger partial charge in [-0.25, -0.2) is 4.98 Å². The number of aliphatic hydroxyl groups is 1. The van der Waals surface area contributed by atoms with Crippen molar-refractivity contribution in [2.24, 2.45) is 0 Å². The molecule has 0 aromatic carbocycles. The van der Waals surface area contributed by atoms with Crippen LogP contribution in [0.15, 0.2) is 18.2 Å². The van der Waals surface area contributed by atoms with E-state index in [0.29, 0.717) is 13.0 Å². The summed E-state index contributed by atoms with van der Waals surface area (Å²) in [5.41, 5.74) is -0.728. The smallest absolute Gasteiger partial charge is 0.270 e. The number of pyridine rings is 1. The van der Waals surface area contributed by atoms with Crippen molar-refractivity contribution in [3.63, 3.8) is 0 Å². The van der Waals surface area contributed by atoms with Gasteiger partial charge in [-0.05, 0) is 12.1 Å². The van der Waals surface area contributed by atoms with Crippen molar-refractivity contribution in [2.45, 2.75) is 12.0 Å². The number of aromatic nitrogens is 1. The lowest BCUT2D eigenvalue weighted by molar-refractivity contribution is 0.0264. The molecule has 6 heteroatoms. The molecule has 1 aliphatic rings. The van der Waals surface area contributed by atoms with Crippen LogP contribution >= 0.6 is 11.6 Å². The quantitative estimate of drug-likeness (QED) is 0.778. The van der Waals surface area contributed by atoms with Gasteiger partial charge in [0.15, 0.2) is 0 Å². The zero-order valence-corrected chi connectivity index (χ0v) is 9.91. The maximum absolute atomic E-state index is 11.7. The van der Waals surface area contributed by atoms with Crippen LogP contribution in [-0.2, 0) is 4.74 Å². The van der Waals surface area contributed by atoms with Crippen LogP contribution in [0, 0.1) is 0 Å². The third-order valence-electron chi connectivity index (χ3n) is 2.61. The topological polar surface area (TPSA) is 71.5 Å². The van der Waals surface area contributed by atoms with E-state index in [9.17, 15) is 9.90 Å². The van der Waals surface area contributed by atoms with E-state index in [1.165, 1.54) is 0 Å². The number of amides is 1. The fraction of sp³-hybridized carbons (Fsp3) is 0.455. The van der Waals surface area contributed by atoms with Crippen molar-refractivity contribution in [1.82, 2.24) is 10.3 Å². The average Bonchev–Trinajstić information content (AvgIpc) is 2.74. The minimum absolute atomic E-state index is 0.153. The summed E-state index contributed by atoms with van der Waals surface area (Å²) in [7, 11) is 0. The Kier molecular flexibility index (Phi) is 3.61. The first-order valence-electron chi connectivity index (χ1n) is 5.30. The highest BCUT2D eigenvalue weighted by Crippen LogP contribution is 2.17. The Morgan fingerprint density at radius 3 is 3.12 bits per heavy atom. The highest BCUT2D eigenvalue weighted by atomic mass is 35.5. The van der Waals surface area contributed by atoms with E-state index in [4.69, 9.17) is 16.3 Å². The minimum Gasteiger partial charge on any atom is -0.386 e. The fourth-order valence-corrected chi connectivity index (χ4v) is 1.77. The van der Waals surface area contributed by atoms with Crippen molar-refractivity contribution in [3.8, 4) is 0 Å². The predicted octanol–water partition coefficient (Wildman–Crippen LogP) is 0.616. The number of hydrogen-bond donors (Lipinski definition) is 2. The SMILES string of the molecule is O=C(NCC1(O)CCOC1)c1cccc(Cl)n1. The second-order valence-corrected chi connectivity index (χ2v) is 4.44. The Bertz CT molecular complexity index is 419. The van der Waals surface area contributed by atoms with Gasteiger partial charge in [-0.1, -0.05) is 17.7 Å². The fourth-order valence-electron chi connectivity index (χ4n) is 1.61. The molecule has 1 aliphatic heterocycles. The van der Waals surface area contributed by atoms with Crippen LogP contribution < -0.4 is 5.32 Å². The first kappa shape index (κ1) is 12.3. The summed E-state index contributed by atoms with van der Waals surface area (Å²) in [6.45, 7) is 0.915. The molecule has 2 rings (SSSR count). The molecule has 2 heterocycles. The van der Waals surface area contributed by atoms with Gasteiger partial charge in [0.1, 0.15) is 16.4 Å². The van der Waals surface area contributed by atoms with Crippen LogP contribution in [0.25, 0.3) is 0 Å². The maximum atomic E-state index is 11.7. The molecule has 1 fully saturated rings. The van der Waals surface area contributed by atoms with Crippen molar-refractivity contribution < 1.29 is 14.6 Å². The second kappa shape index (κ2) is 5.00. The highest BCUT2D eigenvalue weighted by molar-refractivity contribution is 6.29. The van der Waals surface area contributed by atoms with Crippen LogP contribution in [0.1, 0.15) is 16.9 Å². The number of nitrogens with zero attached hydrogens (tertiary/aromatic N) is 1. The normalized spacial score (nSPS) is 23.6. The van der Waals surface area contributed by atoms with Gasteiger partial charge in [-0.2, -0.15) is 0 Å². The van der Waals surface area contributed by atoms with E-state index >= 15 is 0 Å².